The van der Waals surface area contributed by atoms with Crippen LogP contribution in [0.5, 0.6) is 0 Å². The summed E-state index contributed by atoms with van der Waals surface area (Å²) < 4.78 is 0. The molecule has 3 heteroatoms. The molecule has 0 aromatic rings. The second kappa shape index (κ2) is 3.14. The average Bonchev–Trinajstić information content (AvgIpc) is 2.48. The van der Waals surface area contributed by atoms with E-state index >= 15 is 0 Å². The number of carbonyl (C=O) groups is 1. The third-order valence-electron chi connectivity index (χ3n) is 4.67. The zero-order valence-electron chi connectivity index (χ0n) is 9.71. The Morgan fingerprint density at radius 3 is 2.60 bits per heavy atom. The van der Waals surface area contributed by atoms with E-state index in [-0.39, 0.29) is 23.2 Å². The highest BCUT2D eigenvalue weighted by Crippen LogP contribution is 2.62. The third kappa shape index (κ3) is 1.16. The van der Waals surface area contributed by atoms with Gasteiger partial charge in [-0.2, -0.15) is 0 Å². The van der Waals surface area contributed by atoms with E-state index in [0.29, 0.717) is 12.5 Å². The topological polar surface area (TPSA) is 49.7 Å². The summed E-state index contributed by atoms with van der Waals surface area (Å²) in [7, 11) is 0. The molecule has 2 atom stereocenters. The molecule has 0 aromatic carbocycles. The number of aliphatic imine (C=N–C) groups is 1. The summed E-state index contributed by atoms with van der Waals surface area (Å²) in [5.41, 5.74) is 0.562. The lowest BCUT2D eigenvalue weighted by Crippen LogP contribution is -2.33. The molecular formula is C12H19NO2. The van der Waals surface area contributed by atoms with E-state index < -0.39 is 0 Å². The number of rotatable bonds is 2. The van der Waals surface area contributed by atoms with Crippen molar-refractivity contribution in [2.45, 2.75) is 33.6 Å². The number of nitrogens with zero attached hydrogens (tertiary/aromatic N) is 1. The Kier molecular flexibility index (Phi) is 2.26. The molecule has 0 spiro atoms. The maximum atomic E-state index is 12.2. The van der Waals surface area contributed by atoms with Gasteiger partial charge in [-0.1, -0.05) is 20.8 Å². The summed E-state index contributed by atoms with van der Waals surface area (Å²) in [6, 6.07) is 0. The van der Waals surface area contributed by atoms with Gasteiger partial charge in [0.15, 0.2) is 5.78 Å². The maximum absolute atomic E-state index is 12.2. The molecule has 2 rings (SSSR count). The average molecular weight is 209 g/mol. The summed E-state index contributed by atoms with van der Waals surface area (Å²) in [6.45, 7) is 6.80. The van der Waals surface area contributed by atoms with Gasteiger partial charge in [-0.3, -0.25) is 9.79 Å². The van der Waals surface area contributed by atoms with Crippen molar-refractivity contribution in [1.29, 1.82) is 0 Å². The largest absolute Gasteiger partial charge is 0.394 e. The van der Waals surface area contributed by atoms with Crippen LogP contribution in [0.15, 0.2) is 4.99 Å². The minimum absolute atomic E-state index is 0.0284. The Labute approximate surface area is 90.6 Å². The Morgan fingerprint density at radius 1 is 1.47 bits per heavy atom. The minimum Gasteiger partial charge on any atom is -0.394 e. The lowest BCUT2D eigenvalue weighted by atomic mass is 9.70. The van der Waals surface area contributed by atoms with Crippen LogP contribution in [0.25, 0.3) is 0 Å². The Balaban J connectivity index is 2.38. The van der Waals surface area contributed by atoms with Gasteiger partial charge in [-0.25, -0.2) is 0 Å². The molecule has 0 aromatic heterocycles. The first-order valence-electron chi connectivity index (χ1n) is 5.65. The minimum atomic E-state index is -0.216. The summed E-state index contributed by atoms with van der Waals surface area (Å²) in [4.78, 5) is 16.5. The van der Waals surface area contributed by atoms with Crippen LogP contribution < -0.4 is 0 Å². The fraction of sp³-hybridized carbons (Fsp3) is 0.833. The van der Waals surface area contributed by atoms with Gasteiger partial charge in [0.05, 0.1) is 18.9 Å². The van der Waals surface area contributed by atoms with Crippen LogP contribution in [0, 0.1) is 16.7 Å². The number of Topliss-reactive ketones (excluding diaryl/α,β-unsaturated/α-hetero) is 1. The molecule has 84 valence electrons. The van der Waals surface area contributed by atoms with Gasteiger partial charge in [0.25, 0.3) is 0 Å². The molecule has 2 aliphatic rings. The van der Waals surface area contributed by atoms with Crippen LogP contribution in [0.4, 0.5) is 0 Å². The van der Waals surface area contributed by atoms with E-state index in [9.17, 15) is 4.79 Å². The summed E-state index contributed by atoms with van der Waals surface area (Å²) >= 11 is 0. The van der Waals surface area contributed by atoms with E-state index in [1.54, 1.807) is 0 Å². The van der Waals surface area contributed by atoms with Gasteiger partial charge in [0, 0.05) is 11.3 Å². The quantitative estimate of drug-likeness (QED) is 0.748. The number of ketones is 1. The van der Waals surface area contributed by atoms with Crippen molar-refractivity contribution in [2.24, 2.45) is 21.7 Å². The fourth-order valence-corrected chi connectivity index (χ4v) is 3.18. The second-order valence-electron chi connectivity index (χ2n) is 5.46. The van der Waals surface area contributed by atoms with Crippen LogP contribution in [-0.2, 0) is 4.79 Å². The van der Waals surface area contributed by atoms with Crippen LogP contribution in [0.2, 0.25) is 0 Å². The van der Waals surface area contributed by atoms with Crippen LogP contribution >= 0.6 is 0 Å². The van der Waals surface area contributed by atoms with Crippen molar-refractivity contribution in [3.8, 4) is 0 Å². The van der Waals surface area contributed by atoms with Gasteiger partial charge >= 0.3 is 0 Å². The smallest absolute Gasteiger partial charge is 0.183 e. The van der Waals surface area contributed by atoms with E-state index in [4.69, 9.17) is 5.11 Å². The lowest BCUT2D eigenvalue weighted by molar-refractivity contribution is -0.123. The molecule has 0 amide bonds. The van der Waals surface area contributed by atoms with Crippen molar-refractivity contribution in [3.05, 3.63) is 0 Å². The first-order chi connectivity index (χ1) is 6.95. The number of hydrogen-bond acceptors (Lipinski definition) is 3. The molecule has 3 nitrogen and oxygen atoms in total. The zero-order valence-corrected chi connectivity index (χ0v) is 9.71. The van der Waals surface area contributed by atoms with Crippen molar-refractivity contribution in [2.75, 3.05) is 13.2 Å². The number of carbonyl (C=O) groups excluding carboxylic acids is 1. The van der Waals surface area contributed by atoms with Gasteiger partial charge in [-0.05, 0) is 18.3 Å². The third-order valence-corrected chi connectivity index (χ3v) is 4.67. The predicted molar refractivity (Wildman–Crippen MR) is 59.0 cm³/mol. The summed E-state index contributed by atoms with van der Waals surface area (Å²) in [5.74, 6) is 0.527. The Bertz CT molecular complexity index is 333. The number of fused-ring (bicyclic) bond motifs is 2. The fourth-order valence-electron chi connectivity index (χ4n) is 3.18. The molecule has 2 bridgehead atoms. The first-order valence-corrected chi connectivity index (χ1v) is 5.65. The molecule has 0 heterocycles. The maximum Gasteiger partial charge on any atom is 0.183 e. The summed E-state index contributed by atoms with van der Waals surface area (Å²) in [6.07, 6.45) is 2.06. The second-order valence-corrected chi connectivity index (χ2v) is 5.46. The monoisotopic (exact) mass is 209 g/mol. The first kappa shape index (κ1) is 10.8. The molecule has 0 saturated heterocycles. The van der Waals surface area contributed by atoms with Crippen molar-refractivity contribution in [3.63, 3.8) is 0 Å². The molecule has 2 aliphatic carbocycles. The standard InChI is InChI=1S/C12H19NO2/c1-11(2)8-4-5-12(11,3)10(15)9(8)13-6-7-14/h8,14H,4-7H2,1-3H3/t8-,12+/m1/s1. The van der Waals surface area contributed by atoms with Crippen molar-refractivity contribution in [1.82, 2.24) is 0 Å². The molecular weight excluding hydrogens is 190 g/mol. The van der Waals surface area contributed by atoms with Gasteiger partial charge in [0.1, 0.15) is 0 Å². The van der Waals surface area contributed by atoms with E-state index in [1.165, 1.54) is 0 Å². The number of hydrogen-bond donors (Lipinski definition) is 1. The molecule has 0 aliphatic heterocycles. The Morgan fingerprint density at radius 2 is 2.13 bits per heavy atom. The highest BCUT2D eigenvalue weighted by atomic mass is 16.3. The van der Waals surface area contributed by atoms with Gasteiger partial charge in [-0.15, -0.1) is 0 Å². The number of aliphatic hydroxyl groups excluding tert-OH is 1. The molecule has 15 heavy (non-hydrogen) atoms. The highest BCUT2D eigenvalue weighted by Gasteiger charge is 2.64. The van der Waals surface area contributed by atoms with E-state index in [1.807, 2.05) is 0 Å². The van der Waals surface area contributed by atoms with Crippen LogP contribution in [0.3, 0.4) is 0 Å². The summed E-state index contributed by atoms with van der Waals surface area (Å²) in [5, 5.41) is 8.76. The van der Waals surface area contributed by atoms with E-state index in [2.05, 4.69) is 25.8 Å². The van der Waals surface area contributed by atoms with Crippen LogP contribution in [-0.4, -0.2) is 29.8 Å². The molecule has 2 fully saturated rings. The molecule has 0 radical (unpaired) electrons. The van der Waals surface area contributed by atoms with Crippen molar-refractivity contribution < 1.29 is 9.90 Å². The zero-order chi connectivity index (χ0) is 11.3. The van der Waals surface area contributed by atoms with Gasteiger partial charge < -0.3 is 5.11 Å². The SMILES string of the molecule is CC1(C)[C@@H]2CC[C@@]1(C)C(=O)C2=NCCO. The normalized spacial score (nSPS) is 40.4. The van der Waals surface area contributed by atoms with Gasteiger partial charge in [0.2, 0.25) is 0 Å². The molecule has 1 N–H and O–H groups in total. The molecule has 0 unspecified atom stereocenters. The predicted octanol–water partition coefficient (Wildman–Crippen LogP) is 1.44. The van der Waals surface area contributed by atoms with Crippen LogP contribution in [0.1, 0.15) is 33.6 Å². The van der Waals surface area contributed by atoms with E-state index in [0.717, 1.165) is 18.6 Å². The van der Waals surface area contributed by atoms with Crippen molar-refractivity contribution >= 4 is 11.5 Å². The highest BCUT2D eigenvalue weighted by molar-refractivity contribution is 6.45. The number of aliphatic hydroxyl groups is 1. The molecule has 2 saturated carbocycles. The lowest BCUT2D eigenvalue weighted by Gasteiger charge is -2.31. The Hall–Kier alpha value is -0.700.